The summed E-state index contributed by atoms with van der Waals surface area (Å²) in [6.45, 7) is 11.2. The molecule has 35 heavy (non-hydrogen) atoms. The highest BCUT2D eigenvalue weighted by molar-refractivity contribution is 5.29. The van der Waals surface area contributed by atoms with Gasteiger partial charge in [0.1, 0.15) is 0 Å². The van der Waals surface area contributed by atoms with Gasteiger partial charge in [-0.2, -0.15) is 0 Å². The van der Waals surface area contributed by atoms with Crippen molar-refractivity contribution in [3.63, 3.8) is 0 Å². The second-order valence-corrected chi connectivity index (χ2v) is 14.1. The Morgan fingerprint density at radius 2 is 2.00 bits per heavy atom. The van der Waals surface area contributed by atoms with Crippen LogP contribution in [0.5, 0.6) is 0 Å². The number of nitrogens with one attached hydrogen (secondary N) is 3. The first-order valence-electron chi connectivity index (χ1n) is 14.9. The summed E-state index contributed by atoms with van der Waals surface area (Å²) >= 11 is 0. The Balaban J connectivity index is 0.00000240. The van der Waals surface area contributed by atoms with E-state index in [0.717, 1.165) is 29.6 Å². The Morgan fingerprint density at radius 3 is 2.83 bits per heavy atom. The number of hydrazine groups is 2. The van der Waals surface area contributed by atoms with Crippen LogP contribution in [0.3, 0.4) is 0 Å². The predicted octanol–water partition coefficient (Wildman–Crippen LogP) is 5.52. The summed E-state index contributed by atoms with van der Waals surface area (Å²) in [5.74, 6) is 4.88. The first kappa shape index (κ1) is 23.1. The number of allylic oxidation sites excluding steroid dienone is 1. The van der Waals surface area contributed by atoms with Gasteiger partial charge in [0.25, 0.3) is 0 Å². The lowest BCUT2D eigenvalue weighted by atomic mass is 9.52. The summed E-state index contributed by atoms with van der Waals surface area (Å²) in [6.07, 6.45) is 18.0. The quantitative estimate of drug-likeness (QED) is 0.430. The van der Waals surface area contributed by atoms with E-state index in [-0.39, 0.29) is 7.03 Å². The Hall–Kier alpha value is -1.04. The summed E-state index contributed by atoms with van der Waals surface area (Å²) in [5, 5.41) is 6.21. The maximum absolute atomic E-state index is 7.08. The number of fused-ring (bicyclic) bond motifs is 6. The summed E-state index contributed by atoms with van der Waals surface area (Å²) in [4.78, 5) is 0. The van der Waals surface area contributed by atoms with Gasteiger partial charge in [0.15, 0.2) is 0 Å². The zero-order chi connectivity index (χ0) is 23.9. The van der Waals surface area contributed by atoms with Crippen molar-refractivity contribution in [1.29, 1.82) is 0 Å². The largest absolute Gasteiger partial charge is 0.369 e. The van der Waals surface area contributed by atoms with Crippen molar-refractivity contribution in [2.75, 3.05) is 6.54 Å². The molecule has 196 valence electrons. The average molecular weight is 483 g/mol. The zero-order valence-corrected chi connectivity index (χ0v) is 22.5. The molecule has 0 aromatic rings. The van der Waals surface area contributed by atoms with Gasteiger partial charge >= 0.3 is 0 Å². The molecule has 7 rings (SSSR count). The van der Waals surface area contributed by atoms with Crippen LogP contribution in [0.1, 0.15) is 93.3 Å². The van der Waals surface area contributed by atoms with Crippen molar-refractivity contribution < 1.29 is 6.16 Å². The van der Waals surface area contributed by atoms with Gasteiger partial charge in [-0.3, -0.25) is 5.01 Å². The monoisotopic (exact) mass is 482 g/mol. The predicted molar refractivity (Wildman–Crippen MR) is 142 cm³/mol. The molecule has 11 atom stereocenters. The lowest BCUT2D eigenvalue weighted by Crippen LogP contribution is -2.52. The summed E-state index contributed by atoms with van der Waals surface area (Å²) in [7, 11) is 0. The van der Waals surface area contributed by atoms with E-state index in [0.29, 0.717) is 29.5 Å². The Kier molecular flexibility index (Phi) is 5.43. The van der Waals surface area contributed by atoms with E-state index in [2.05, 4.69) is 55.2 Å². The fourth-order valence-corrected chi connectivity index (χ4v) is 10.5. The molecule has 3 aliphatic heterocycles. The molecule has 5 nitrogen and oxygen atoms in total. The lowest BCUT2D eigenvalue weighted by molar-refractivity contribution is -0.0765. The van der Waals surface area contributed by atoms with Crippen LogP contribution in [0.2, 0.25) is 0 Å². The van der Waals surface area contributed by atoms with Crippen molar-refractivity contribution in [3.8, 4) is 0 Å². The number of hydrogen-bond acceptors (Lipinski definition) is 5. The van der Waals surface area contributed by atoms with Gasteiger partial charge < -0.3 is 15.5 Å². The van der Waals surface area contributed by atoms with Gasteiger partial charge in [-0.1, -0.05) is 31.9 Å². The van der Waals surface area contributed by atoms with Crippen LogP contribution in [0.4, 0.5) is 0 Å². The SMILES string of the molecule is CC1=C2C[C@H]3[C@@H](CC[C@@H]4C[C@@H](N5C=CNN5)CC[C@@]43C)[C@@H]2CC[C@@]2(C1)O[C@@H]1C[C@H](C)CN[C@H]1[C@H]2C.[HH]. The highest BCUT2D eigenvalue weighted by atomic mass is 16.5. The molecule has 0 radical (unpaired) electrons. The van der Waals surface area contributed by atoms with Gasteiger partial charge in [0.2, 0.25) is 0 Å². The van der Waals surface area contributed by atoms with Gasteiger partial charge in [0.05, 0.1) is 11.7 Å². The third kappa shape index (κ3) is 3.43. The number of hydrogen-bond donors (Lipinski definition) is 3. The smallest absolute Gasteiger partial charge is 0.0765 e. The maximum atomic E-state index is 7.08. The molecule has 3 N–H and O–H groups in total. The van der Waals surface area contributed by atoms with E-state index in [1.165, 1.54) is 70.8 Å². The van der Waals surface area contributed by atoms with Gasteiger partial charge in [-0.15, -0.1) is 5.53 Å². The Bertz CT molecular complexity index is 923. The highest BCUT2D eigenvalue weighted by Gasteiger charge is 2.59. The topological polar surface area (TPSA) is 48.6 Å². The Morgan fingerprint density at radius 1 is 1.11 bits per heavy atom. The number of rotatable bonds is 1. The molecule has 0 bridgehead atoms. The number of nitrogens with zero attached hydrogens (tertiary/aromatic N) is 1. The van der Waals surface area contributed by atoms with Crippen LogP contribution in [-0.2, 0) is 4.74 Å². The molecule has 0 unspecified atom stereocenters. The van der Waals surface area contributed by atoms with E-state index in [1.807, 2.05) is 11.8 Å². The fraction of sp³-hybridized carbons (Fsp3) is 0.867. The molecule has 7 aliphatic rings. The molecule has 0 aromatic heterocycles. The molecule has 2 saturated heterocycles. The second-order valence-electron chi connectivity index (χ2n) is 14.1. The fourth-order valence-electron chi connectivity index (χ4n) is 10.5. The molecule has 3 heterocycles. The van der Waals surface area contributed by atoms with Crippen molar-refractivity contribution in [1.82, 2.24) is 21.3 Å². The minimum absolute atomic E-state index is 0. The van der Waals surface area contributed by atoms with Crippen LogP contribution in [0, 0.1) is 40.9 Å². The van der Waals surface area contributed by atoms with E-state index in [9.17, 15) is 0 Å². The number of piperidine rings is 1. The van der Waals surface area contributed by atoms with Crippen molar-refractivity contribution in [2.45, 2.75) is 116 Å². The lowest BCUT2D eigenvalue weighted by Gasteiger charge is -2.55. The minimum Gasteiger partial charge on any atom is -0.369 e. The van der Waals surface area contributed by atoms with Crippen LogP contribution < -0.4 is 16.3 Å². The van der Waals surface area contributed by atoms with Crippen molar-refractivity contribution in [3.05, 3.63) is 23.5 Å². The van der Waals surface area contributed by atoms with E-state index >= 15 is 0 Å². The summed E-state index contributed by atoms with van der Waals surface area (Å²) in [6, 6.07) is 1.21. The zero-order valence-electron chi connectivity index (χ0n) is 22.5. The molecule has 0 amide bonds. The van der Waals surface area contributed by atoms with E-state index in [1.54, 1.807) is 5.57 Å². The van der Waals surface area contributed by atoms with Crippen LogP contribution in [-0.4, -0.2) is 35.3 Å². The average Bonchev–Trinajstić information content (AvgIpc) is 3.53. The number of ether oxygens (including phenoxy) is 1. The first-order valence-corrected chi connectivity index (χ1v) is 14.9. The minimum atomic E-state index is 0. The highest BCUT2D eigenvalue weighted by Crippen LogP contribution is 2.65. The molecule has 5 fully saturated rings. The van der Waals surface area contributed by atoms with Crippen LogP contribution in [0.25, 0.3) is 0 Å². The molecule has 1 spiro atoms. The van der Waals surface area contributed by atoms with E-state index in [4.69, 9.17) is 4.74 Å². The van der Waals surface area contributed by atoms with Crippen molar-refractivity contribution in [2.24, 2.45) is 40.9 Å². The first-order chi connectivity index (χ1) is 16.9. The molecule has 5 heteroatoms. The standard InChI is InChI=1S/C30H48N4O.H2/c1-18-13-27-28(31-17-18)20(3)30(35-27)10-8-23-24-6-5-21-14-22(34-12-11-32-33-34)7-9-29(21,4)26(24)15-25(23)19(2)16-30;/h11-12,18,20-24,26-28,31-33H,5-10,13-17H2,1-4H3;1H/t18-,20+,21+,22-,23-,24-,26-,27+,28-,29-,30-;/m0./s1. The normalized spacial score (nSPS) is 53.1. The van der Waals surface area contributed by atoms with Gasteiger partial charge in [0, 0.05) is 31.8 Å². The van der Waals surface area contributed by atoms with Gasteiger partial charge in [-0.25, -0.2) is 0 Å². The third-order valence-electron chi connectivity index (χ3n) is 12.5. The molecule has 0 aromatic carbocycles. The summed E-state index contributed by atoms with van der Waals surface area (Å²) < 4.78 is 7.08. The van der Waals surface area contributed by atoms with E-state index < -0.39 is 0 Å². The van der Waals surface area contributed by atoms with Gasteiger partial charge in [-0.05, 0) is 113 Å². The molecular formula is C30H50N4O. The Labute approximate surface area is 214 Å². The third-order valence-corrected chi connectivity index (χ3v) is 12.5. The summed E-state index contributed by atoms with van der Waals surface area (Å²) in [5.41, 5.74) is 10.7. The second kappa shape index (κ2) is 8.23. The molecule has 3 saturated carbocycles. The molecule has 4 aliphatic carbocycles. The maximum Gasteiger partial charge on any atom is 0.0765 e. The molecular weight excluding hydrogens is 432 g/mol. The van der Waals surface area contributed by atoms with Crippen molar-refractivity contribution >= 4 is 0 Å². The van der Waals surface area contributed by atoms with Crippen LogP contribution >= 0.6 is 0 Å². The van der Waals surface area contributed by atoms with Crippen LogP contribution in [0.15, 0.2) is 23.5 Å².